The summed E-state index contributed by atoms with van der Waals surface area (Å²) in [6.45, 7) is 2.20. The van der Waals surface area contributed by atoms with Crippen molar-refractivity contribution in [1.29, 1.82) is 0 Å². The molecule has 2 nitrogen and oxygen atoms in total. The maximum atomic E-state index is 4.07. The van der Waals surface area contributed by atoms with Crippen molar-refractivity contribution in [2.24, 2.45) is 0 Å². The number of likely N-dealkylation sites (tertiary alicyclic amines) is 1. The van der Waals surface area contributed by atoms with Crippen LogP contribution in [0, 0.1) is 6.07 Å². The fraction of sp³-hybridized carbons (Fsp3) is 0.312. The van der Waals surface area contributed by atoms with Crippen molar-refractivity contribution < 1.29 is 0 Å². The summed E-state index contributed by atoms with van der Waals surface area (Å²) >= 11 is 0. The molecule has 1 saturated heterocycles. The average molecular weight is 237 g/mol. The van der Waals surface area contributed by atoms with Crippen molar-refractivity contribution in [2.75, 3.05) is 6.54 Å². The van der Waals surface area contributed by atoms with Crippen LogP contribution in [-0.2, 0) is 6.54 Å². The summed E-state index contributed by atoms with van der Waals surface area (Å²) in [6.07, 6.45) is 6.28. The highest BCUT2D eigenvalue weighted by atomic mass is 15.2. The molecule has 2 heterocycles. The first-order valence-electron chi connectivity index (χ1n) is 6.52. The van der Waals surface area contributed by atoms with Crippen molar-refractivity contribution in [3.05, 3.63) is 66.0 Å². The number of rotatable bonds is 3. The minimum absolute atomic E-state index is 0.551. The van der Waals surface area contributed by atoms with Gasteiger partial charge in [-0.3, -0.25) is 9.88 Å². The number of hydrogen-bond donors (Lipinski definition) is 0. The lowest BCUT2D eigenvalue weighted by molar-refractivity contribution is 0.248. The molecule has 2 heteroatoms. The quantitative estimate of drug-likeness (QED) is 0.815. The number of pyridine rings is 1. The highest BCUT2D eigenvalue weighted by Gasteiger charge is 2.25. The van der Waals surface area contributed by atoms with Gasteiger partial charge < -0.3 is 0 Å². The Morgan fingerprint density at radius 2 is 2.17 bits per heavy atom. The monoisotopic (exact) mass is 237 g/mol. The number of nitrogens with zero attached hydrogens (tertiary/aromatic N) is 2. The third-order valence-electron chi connectivity index (χ3n) is 3.61. The second-order valence-corrected chi connectivity index (χ2v) is 4.82. The first-order valence-corrected chi connectivity index (χ1v) is 6.52. The van der Waals surface area contributed by atoms with E-state index in [1.807, 2.05) is 18.5 Å². The van der Waals surface area contributed by atoms with E-state index < -0.39 is 0 Å². The first-order chi connectivity index (χ1) is 8.93. The zero-order chi connectivity index (χ0) is 12.2. The van der Waals surface area contributed by atoms with Gasteiger partial charge in [-0.1, -0.05) is 18.2 Å². The van der Waals surface area contributed by atoms with Gasteiger partial charge in [-0.25, -0.2) is 0 Å². The van der Waals surface area contributed by atoms with Gasteiger partial charge in [0.1, 0.15) is 0 Å². The van der Waals surface area contributed by atoms with Crippen molar-refractivity contribution in [2.45, 2.75) is 25.4 Å². The van der Waals surface area contributed by atoms with Gasteiger partial charge in [0, 0.05) is 25.0 Å². The molecule has 2 aromatic rings. The molecule has 0 N–H and O–H groups in total. The molecule has 1 atom stereocenters. The molecule has 1 unspecified atom stereocenters. The van der Waals surface area contributed by atoms with E-state index in [9.17, 15) is 0 Å². The Bertz CT molecular complexity index is 481. The van der Waals surface area contributed by atoms with Crippen LogP contribution in [0.4, 0.5) is 0 Å². The third kappa shape index (κ3) is 2.44. The summed E-state index contributed by atoms with van der Waals surface area (Å²) in [6, 6.07) is 16.3. The largest absolute Gasteiger partial charge is 0.292 e. The number of aromatic nitrogens is 1. The van der Waals surface area contributed by atoms with E-state index >= 15 is 0 Å². The Kier molecular flexibility index (Phi) is 3.37. The van der Waals surface area contributed by atoms with Gasteiger partial charge >= 0.3 is 0 Å². The van der Waals surface area contributed by atoms with Crippen LogP contribution in [0.2, 0.25) is 0 Å². The molecule has 1 aromatic carbocycles. The van der Waals surface area contributed by atoms with E-state index in [1.165, 1.54) is 30.5 Å². The van der Waals surface area contributed by atoms with Crippen LogP contribution in [0.5, 0.6) is 0 Å². The van der Waals surface area contributed by atoms with Crippen molar-refractivity contribution in [3.8, 4) is 0 Å². The van der Waals surface area contributed by atoms with E-state index in [4.69, 9.17) is 0 Å². The predicted molar refractivity (Wildman–Crippen MR) is 71.9 cm³/mol. The summed E-state index contributed by atoms with van der Waals surface area (Å²) in [4.78, 5) is 6.63. The molecule has 1 aliphatic heterocycles. The van der Waals surface area contributed by atoms with Crippen LogP contribution in [0.15, 0.2) is 48.8 Å². The second kappa shape index (κ2) is 5.32. The minimum Gasteiger partial charge on any atom is -0.292 e. The number of hydrogen-bond acceptors (Lipinski definition) is 2. The molecule has 0 saturated carbocycles. The topological polar surface area (TPSA) is 16.1 Å². The lowest BCUT2D eigenvalue weighted by Gasteiger charge is -2.24. The Morgan fingerprint density at radius 1 is 1.28 bits per heavy atom. The molecule has 18 heavy (non-hydrogen) atoms. The van der Waals surface area contributed by atoms with Gasteiger partial charge in [-0.2, -0.15) is 0 Å². The molecule has 91 valence electrons. The van der Waals surface area contributed by atoms with Crippen LogP contribution >= 0.6 is 0 Å². The summed E-state index contributed by atoms with van der Waals surface area (Å²) in [5.74, 6) is 0. The summed E-state index contributed by atoms with van der Waals surface area (Å²) < 4.78 is 0. The second-order valence-electron chi connectivity index (χ2n) is 4.82. The summed E-state index contributed by atoms with van der Waals surface area (Å²) in [7, 11) is 0. The van der Waals surface area contributed by atoms with Crippen molar-refractivity contribution in [3.63, 3.8) is 0 Å². The molecule has 0 spiro atoms. The Balaban J connectivity index is 1.76. The standard InChI is InChI=1S/C16H17N2/c1-2-5-15(6-3-1)16-7-4-12-18(16)13-14-8-10-17-11-9-14/h1-2,5-6,8-11,16H,4,7,12-13H2. The lowest BCUT2D eigenvalue weighted by atomic mass is 10.0. The fourth-order valence-electron chi connectivity index (χ4n) is 2.73. The van der Waals surface area contributed by atoms with E-state index in [0.29, 0.717) is 6.04 Å². The summed E-state index contributed by atoms with van der Waals surface area (Å²) in [5.41, 5.74) is 2.74. The Labute approximate surface area is 108 Å². The molecule has 0 aliphatic carbocycles. The fourth-order valence-corrected chi connectivity index (χ4v) is 2.73. The van der Waals surface area contributed by atoms with Crippen LogP contribution in [0.3, 0.4) is 0 Å². The Hall–Kier alpha value is -1.67. The maximum absolute atomic E-state index is 4.07. The number of benzene rings is 1. The summed E-state index contributed by atoms with van der Waals surface area (Å²) in [5, 5.41) is 0. The third-order valence-corrected chi connectivity index (χ3v) is 3.61. The molecule has 1 fully saturated rings. The minimum atomic E-state index is 0.551. The molecule has 1 radical (unpaired) electrons. The normalized spacial score (nSPS) is 20.1. The van der Waals surface area contributed by atoms with Crippen molar-refractivity contribution in [1.82, 2.24) is 9.88 Å². The van der Waals surface area contributed by atoms with Crippen molar-refractivity contribution >= 4 is 0 Å². The van der Waals surface area contributed by atoms with Gasteiger partial charge in [0.05, 0.1) is 0 Å². The predicted octanol–water partition coefficient (Wildman–Crippen LogP) is 3.22. The molecule has 1 aliphatic rings. The molecular formula is C16H17N2. The van der Waals surface area contributed by atoms with Crippen LogP contribution in [0.25, 0.3) is 0 Å². The van der Waals surface area contributed by atoms with E-state index in [0.717, 1.165) is 6.54 Å². The molecule has 3 rings (SSSR count). The van der Waals surface area contributed by atoms with E-state index in [1.54, 1.807) is 0 Å². The zero-order valence-electron chi connectivity index (χ0n) is 10.4. The zero-order valence-corrected chi connectivity index (χ0v) is 10.4. The SMILES string of the molecule is [c]1cccc(C2CCCN2Cc2ccncc2)c1. The van der Waals surface area contributed by atoms with Gasteiger partial charge in [-0.05, 0) is 54.8 Å². The smallest absolute Gasteiger partial charge is 0.0352 e. The van der Waals surface area contributed by atoms with Gasteiger partial charge in [0.2, 0.25) is 0 Å². The molecule has 0 bridgehead atoms. The lowest BCUT2D eigenvalue weighted by Crippen LogP contribution is -2.22. The van der Waals surface area contributed by atoms with Gasteiger partial charge in [0.25, 0.3) is 0 Å². The van der Waals surface area contributed by atoms with Gasteiger partial charge in [0.15, 0.2) is 0 Å². The maximum Gasteiger partial charge on any atom is 0.0352 e. The highest BCUT2D eigenvalue weighted by Crippen LogP contribution is 2.32. The highest BCUT2D eigenvalue weighted by molar-refractivity contribution is 5.20. The first kappa shape index (κ1) is 11.4. The molecular weight excluding hydrogens is 220 g/mol. The van der Waals surface area contributed by atoms with Crippen LogP contribution < -0.4 is 0 Å². The Morgan fingerprint density at radius 3 is 2.94 bits per heavy atom. The van der Waals surface area contributed by atoms with Crippen LogP contribution in [-0.4, -0.2) is 16.4 Å². The van der Waals surface area contributed by atoms with E-state index in [-0.39, 0.29) is 0 Å². The van der Waals surface area contributed by atoms with Crippen LogP contribution in [0.1, 0.15) is 30.0 Å². The molecule has 1 aromatic heterocycles. The molecule has 0 amide bonds. The van der Waals surface area contributed by atoms with Gasteiger partial charge in [-0.15, -0.1) is 0 Å². The average Bonchev–Trinajstić information content (AvgIpc) is 2.89. The van der Waals surface area contributed by atoms with E-state index in [2.05, 4.69) is 46.3 Å².